The summed E-state index contributed by atoms with van der Waals surface area (Å²) in [6.45, 7) is 11.0. The van der Waals surface area contributed by atoms with Crippen molar-refractivity contribution < 1.29 is 4.79 Å². The highest BCUT2D eigenvalue weighted by atomic mass is 16.1. The molecule has 0 aliphatic carbocycles. The van der Waals surface area contributed by atoms with Crippen molar-refractivity contribution in [2.45, 2.75) is 131 Å². The molecule has 28 heavy (non-hydrogen) atoms. The van der Waals surface area contributed by atoms with Gasteiger partial charge < -0.3 is 0 Å². The Morgan fingerprint density at radius 3 is 1.57 bits per heavy atom. The maximum absolute atomic E-state index is 12.0. The molecule has 0 aromatic carbocycles. The van der Waals surface area contributed by atoms with Gasteiger partial charge in [-0.25, -0.2) is 0 Å². The van der Waals surface area contributed by atoms with E-state index in [4.69, 9.17) is 0 Å². The lowest BCUT2D eigenvalue weighted by Gasteiger charge is -2.03. The first-order valence-corrected chi connectivity index (χ1v) is 11.9. The van der Waals surface area contributed by atoms with Crippen LogP contribution >= 0.6 is 0 Å². The van der Waals surface area contributed by atoms with Crippen LogP contribution in [0.1, 0.15) is 131 Å². The Morgan fingerprint density at radius 1 is 0.571 bits per heavy atom. The van der Waals surface area contributed by atoms with Crippen LogP contribution in [0, 0.1) is 0 Å². The van der Waals surface area contributed by atoms with Gasteiger partial charge in [0.1, 0.15) is 5.78 Å². The zero-order valence-corrected chi connectivity index (χ0v) is 19.7. The van der Waals surface area contributed by atoms with E-state index in [9.17, 15) is 4.79 Å². The Labute approximate surface area is 176 Å². The Balaban J connectivity index is 3.70. The molecule has 1 heteroatoms. The predicted molar refractivity (Wildman–Crippen MR) is 127 cm³/mol. The highest BCUT2D eigenvalue weighted by molar-refractivity contribution is 5.78. The van der Waals surface area contributed by atoms with Crippen molar-refractivity contribution in [2.24, 2.45) is 0 Å². The van der Waals surface area contributed by atoms with Gasteiger partial charge in [-0.05, 0) is 66.2 Å². The van der Waals surface area contributed by atoms with Gasteiger partial charge in [-0.3, -0.25) is 4.79 Å². The fourth-order valence-corrected chi connectivity index (χ4v) is 3.40. The molecule has 0 bridgehead atoms. The number of hydrogen-bond acceptors (Lipinski definition) is 1. The summed E-state index contributed by atoms with van der Waals surface area (Å²) in [5, 5.41) is 0. The van der Waals surface area contributed by atoms with Gasteiger partial charge in [0.05, 0.1) is 0 Å². The third-order valence-corrected chi connectivity index (χ3v) is 5.35. The molecule has 0 fully saturated rings. The summed E-state index contributed by atoms with van der Waals surface area (Å²) in [4.78, 5) is 12.0. The van der Waals surface area contributed by atoms with E-state index in [0.717, 1.165) is 44.9 Å². The molecule has 0 rings (SSSR count). The predicted octanol–water partition coefficient (Wildman–Crippen LogP) is 9.29. The molecule has 0 saturated carbocycles. The number of unbranched alkanes of at least 4 members (excludes halogenated alkanes) is 7. The number of carbonyl (C=O) groups excluding carboxylic acids is 1. The van der Waals surface area contributed by atoms with Gasteiger partial charge in [0, 0.05) is 12.8 Å². The molecule has 0 aliphatic heterocycles. The highest BCUT2D eigenvalue weighted by Crippen LogP contribution is 2.13. The van der Waals surface area contributed by atoms with E-state index in [-0.39, 0.29) is 0 Å². The molecule has 0 unspecified atom stereocenters. The van der Waals surface area contributed by atoms with E-state index >= 15 is 0 Å². The number of rotatable bonds is 18. The fourth-order valence-electron chi connectivity index (χ4n) is 3.40. The molecule has 0 heterocycles. The lowest BCUT2D eigenvalue weighted by atomic mass is 10.0. The van der Waals surface area contributed by atoms with Crippen LogP contribution in [-0.2, 0) is 4.79 Å². The average molecular weight is 389 g/mol. The summed E-state index contributed by atoms with van der Waals surface area (Å²) in [7, 11) is 0. The lowest BCUT2D eigenvalue weighted by molar-refractivity contribution is -0.119. The number of hydrogen-bond donors (Lipinski definition) is 0. The van der Waals surface area contributed by atoms with E-state index in [1.54, 1.807) is 0 Å². The van der Waals surface area contributed by atoms with Gasteiger partial charge in [0.2, 0.25) is 0 Å². The minimum Gasteiger partial charge on any atom is -0.300 e. The van der Waals surface area contributed by atoms with Gasteiger partial charge in [0.15, 0.2) is 0 Å². The maximum atomic E-state index is 12.0. The number of allylic oxidation sites excluding steroid dienone is 6. The molecular formula is C27H48O. The molecule has 0 aromatic rings. The fraction of sp³-hybridized carbons (Fsp3) is 0.741. The van der Waals surface area contributed by atoms with E-state index in [0.29, 0.717) is 5.78 Å². The van der Waals surface area contributed by atoms with Crippen LogP contribution in [0.4, 0.5) is 0 Å². The van der Waals surface area contributed by atoms with Crippen molar-refractivity contribution >= 4 is 5.78 Å². The standard InChI is InChI=1S/C27H48O/c1-6-7-8-9-10-11-12-13-22-27(28)23-16-21-26(5)20-15-19-25(4)18-14-17-24(2)3/h17,19,21H,6-16,18,20,22-23H2,1-5H3/b25-19+,26-21+. The Kier molecular flexibility index (Phi) is 18.5. The second-order valence-electron chi connectivity index (χ2n) is 8.76. The molecule has 0 amide bonds. The molecule has 0 aromatic heterocycles. The number of ketones is 1. The first kappa shape index (κ1) is 26.9. The number of Topliss-reactive ketones (excluding diaryl/α,β-unsaturated/α-hetero) is 1. The molecule has 0 spiro atoms. The van der Waals surface area contributed by atoms with E-state index < -0.39 is 0 Å². The Bertz CT molecular complexity index is 474. The van der Waals surface area contributed by atoms with E-state index in [1.165, 1.54) is 68.1 Å². The third-order valence-electron chi connectivity index (χ3n) is 5.35. The van der Waals surface area contributed by atoms with Crippen LogP contribution in [-0.4, -0.2) is 5.78 Å². The highest BCUT2D eigenvalue weighted by Gasteiger charge is 2.01. The molecule has 0 saturated heterocycles. The van der Waals surface area contributed by atoms with Crippen molar-refractivity contribution in [3.63, 3.8) is 0 Å². The van der Waals surface area contributed by atoms with Crippen molar-refractivity contribution in [1.82, 2.24) is 0 Å². The largest absolute Gasteiger partial charge is 0.300 e. The van der Waals surface area contributed by atoms with E-state index in [2.05, 4.69) is 52.8 Å². The van der Waals surface area contributed by atoms with Crippen LogP contribution < -0.4 is 0 Å². The molecule has 0 atom stereocenters. The minimum atomic E-state index is 0.449. The second-order valence-corrected chi connectivity index (χ2v) is 8.76. The summed E-state index contributed by atoms with van der Waals surface area (Å²) in [6, 6.07) is 0. The molecule has 0 aliphatic rings. The Morgan fingerprint density at radius 2 is 1.04 bits per heavy atom. The minimum absolute atomic E-state index is 0.449. The zero-order valence-electron chi connectivity index (χ0n) is 19.7. The third kappa shape index (κ3) is 19.6. The summed E-state index contributed by atoms with van der Waals surface area (Å²) >= 11 is 0. The van der Waals surface area contributed by atoms with Crippen molar-refractivity contribution in [3.8, 4) is 0 Å². The summed E-state index contributed by atoms with van der Waals surface area (Å²) in [6.07, 6.45) is 24.4. The average Bonchev–Trinajstić information content (AvgIpc) is 2.63. The summed E-state index contributed by atoms with van der Waals surface area (Å²) < 4.78 is 0. The quantitative estimate of drug-likeness (QED) is 0.169. The van der Waals surface area contributed by atoms with Gasteiger partial charge in [-0.15, -0.1) is 0 Å². The molecule has 0 radical (unpaired) electrons. The van der Waals surface area contributed by atoms with Crippen LogP contribution in [0.2, 0.25) is 0 Å². The SMILES string of the molecule is CCCCCCCCCCC(=O)CC/C=C(\C)CC/C=C(\C)CCC=C(C)C. The summed E-state index contributed by atoms with van der Waals surface area (Å²) in [5.74, 6) is 0.449. The molecular weight excluding hydrogens is 340 g/mol. The van der Waals surface area contributed by atoms with Crippen molar-refractivity contribution in [3.05, 3.63) is 34.9 Å². The lowest BCUT2D eigenvalue weighted by Crippen LogP contribution is -1.97. The second kappa shape index (κ2) is 19.2. The monoisotopic (exact) mass is 388 g/mol. The van der Waals surface area contributed by atoms with Crippen LogP contribution in [0.25, 0.3) is 0 Å². The van der Waals surface area contributed by atoms with E-state index in [1.807, 2.05) is 0 Å². The van der Waals surface area contributed by atoms with Gasteiger partial charge >= 0.3 is 0 Å². The first-order valence-electron chi connectivity index (χ1n) is 11.9. The Hall–Kier alpha value is -1.11. The topological polar surface area (TPSA) is 17.1 Å². The summed E-state index contributed by atoms with van der Waals surface area (Å²) in [5.41, 5.74) is 4.32. The number of carbonyl (C=O) groups is 1. The van der Waals surface area contributed by atoms with Gasteiger partial charge in [-0.2, -0.15) is 0 Å². The van der Waals surface area contributed by atoms with Crippen molar-refractivity contribution in [2.75, 3.05) is 0 Å². The maximum Gasteiger partial charge on any atom is 0.133 e. The molecule has 0 N–H and O–H groups in total. The van der Waals surface area contributed by atoms with Gasteiger partial charge in [0.25, 0.3) is 0 Å². The smallest absolute Gasteiger partial charge is 0.133 e. The first-order chi connectivity index (χ1) is 13.5. The molecule has 1 nitrogen and oxygen atoms in total. The zero-order chi connectivity index (χ0) is 21.0. The normalized spacial score (nSPS) is 12.3. The molecule has 162 valence electrons. The van der Waals surface area contributed by atoms with Crippen LogP contribution in [0.3, 0.4) is 0 Å². The van der Waals surface area contributed by atoms with Crippen LogP contribution in [0.5, 0.6) is 0 Å². The van der Waals surface area contributed by atoms with Crippen molar-refractivity contribution in [1.29, 1.82) is 0 Å². The van der Waals surface area contributed by atoms with Gasteiger partial charge in [-0.1, -0.05) is 86.8 Å². The van der Waals surface area contributed by atoms with Crippen LogP contribution in [0.15, 0.2) is 34.9 Å².